The smallest absolute Gasteiger partial charge is 0.330 e. The van der Waals surface area contributed by atoms with E-state index in [1.807, 2.05) is 84.9 Å². The van der Waals surface area contributed by atoms with Crippen LogP contribution in [0.1, 0.15) is 75.6 Å². The second-order valence-corrected chi connectivity index (χ2v) is 22.2. The summed E-state index contributed by atoms with van der Waals surface area (Å²) >= 11 is 0. The lowest BCUT2D eigenvalue weighted by Gasteiger charge is -2.50. The molecule has 314 valence electrons. The van der Waals surface area contributed by atoms with E-state index in [-0.39, 0.29) is 13.2 Å². The minimum atomic E-state index is -2.47. The van der Waals surface area contributed by atoms with Crippen LogP contribution in [0.5, 0.6) is 11.5 Å². The average molecular weight is 820 g/mol. The third-order valence-corrected chi connectivity index (χ3v) is 18.1. The predicted octanol–water partition coefficient (Wildman–Crippen LogP) is 8.83. The van der Waals surface area contributed by atoms with Crippen molar-refractivity contribution in [3.8, 4) is 11.5 Å². The summed E-state index contributed by atoms with van der Waals surface area (Å²) in [5, 5.41) is 0. The number of rotatable bonds is 17. The Labute approximate surface area is 350 Å². The number of aromatic amines is 1. The van der Waals surface area contributed by atoms with Crippen molar-refractivity contribution in [3.05, 3.63) is 164 Å². The van der Waals surface area contributed by atoms with E-state index in [2.05, 4.69) is 75.7 Å². The molecule has 1 aromatic heterocycles. The van der Waals surface area contributed by atoms with Gasteiger partial charge in [-0.05, 0) is 70.1 Å². The van der Waals surface area contributed by atoms with Crippen molar-refractivity contribution >= 4 is 8.32 Å². The lowest BCUT2D eigenvalue weighted by molar-refractivity contribution is -0.230. The summed E-state index contributed by atoms with van der Waals surface area (Å²) in [4.78, 5) is 31.1. The fourth-order valence-electron chi connectivity index (χ4n) is 9.23. The molecule has 1 aliphatic rings. The number of nitrogens with zero attached hydrogens (tertiary/aromatic N) is 2. The number of aromatic nitrogens is 2. The Morgan fingerprint density at radius 1 is 0.746 bits per heavy atom. The molecule has 11 heteroatoms. The second kappa shape index (κ2) is 18.6. The van der Waals surface area contributed by atoms with Crippen LogP contribution in [0.2, 0.25) is 16.6 Å². The van der Waals surface area contributed by atoms with Gasteiger partial charge in [-0.15, -0.1) is 0 Å². The van der Waals surface area contributed by atoms with Crippen molar-refractivity contribution in [2.45, 2.75) is 89.1 Å². The first-order chi connectivity index (χ1) is 28.3. The van der Waals surface area contributed by atoms with Gasteiger partial charge in [0.25, 0.3) is 5.56 Å². The Morgan fingerprint density at radius 3 is 1.76 bits per heavy atom. The van der Waals surface area contributed by atoms with Crippen molar-refractivity contribution in [1.82, 2.24) is 14.5 Å². The van der Waals surface area contributed by atoms with E-state index in [1.54, 1.807) is 27.3 Å². The van der Waals surface area contributed by atoms with E-state index in [9.17, 15) is 9.59 Å². The second-order valence-electron chi connectivity index (χ2n) is 16.8. The van der Waals surface area contributed by atoms with Gasteiger partial charge in [0, 0.05) is 31.4 Å². The van der Waals surface area contributed by atoms with Gasteiger partial charge in [-0.1, -0.05) is 126 Å². The van der Waals surface area contributed by atoms with Crippen LogP contribution >= 0.6 is 0 Å². The van der Waals surface area contributed by atoms with Crippen molar-refractivity contribution in [2.75, 3.05) is 40.5 Å². The van der Waals surface area contributed by atoms with Gasteiger partial charge < -0.3 is 23.4 Å². The number of methoxy groups -OCH3 is 2. The molecule has 59 heavy (non-hydrogen) atoms. The minimum absolute atomic E-state index is 0.0809. The number of hydrogen-bond donors (Lipinski definition) is 1. The molecule has 0 aliphatic carbocycles. The third kappa shape index (κ3) is 9.19. The Bertz CT molecular complexity index is 2150. The molecule has 0 unspecified atom stereocenters. The molecule has 2 heterocycles. The monoisotopic (exact) mass is 819 g/mol. The van der Waals surface area contributed by atoms with Crippen molar-refractivity contribution < 1.29 is 23.4 Å². The molecule has 6 rings (SSSR count). The number of aryl methyl sites for hydroxylation is 1. The molecular formula is C48H61N3O7Si. The number of morpholine rings is 1. The lowest BCUT2D eigenvalue weighted by Crippen LogP contribution is -2.62. The minimum Gasteiger partial charge on any atom is -0.497 e. The summed E-state index contributed by atoms with van der Waals surface area (Å²) in [6.45, 7) is 17.1. The maximum absolute atomic E-state index is 13.7. The number of hydrogen-bond acceptors (Lipinski definition) is 8. The molecule has 4 aromatic carbocycles. The summed E-state index contributed by atoms with van der Waals surface area (Å²) in [5.41, 5.74) is 1.98. The molecular weight excluding hydrogens is 759 g/mol. The quantitative estimate of drug-likeness (QED) is 0.0734. The van der Waals surface area contributed by atoms with E-state index >= 15 is 0 Å². The Balaban J connectivity index is 1.56. The molecule has 1 saturated heterocycles. The van der Waals surface area contributed by atoms with Gasteiger partial charge in [0.2, 0.25) is 0 Å². The predicted molar refractivity (Wildman–Crippen MR) is 236 cm³/mol. The number of ether oxygens (including phenoxy) is 4. The number of benzene rings is 4. The zero-order chi connectivity index (χ0) is 42.4. The Morgan fingerprint density at radius 2 is 1.25 bits per heavy atom. The van der Waals surface area contributed by atoms with E-state index in [4.69, 9.17) is 23.4 Å². The molecule has 0 radical (unpaired) electrons. The van der Waals surface area contributed by atoms with Gasteiger partial charge in [-0.3, -0.25) is 19.2 Å². The Hall–Kier alpha value is -4.78. The summed E-state index contributed by atoms with van der Waals surface area (Å²) in [6, 6.07) is 36.5. The largest absolute Gasteiger partial charge is 0.497 e. The van der Waals surface area contributed by atoms with Crippen molar-refractivity contribution in [2.24, 2.45) is 0 Å². The average Bonchev–Trinajstić information content (AvgIpc) is 3.23. The number of nitrogens with one attached hydrogen (secondary N) is 1. The molecule has 0 saturated carbocycles. The van der Waals surface area contributed by atoms with Gasteiger partial charge in [0.15, 0.2) is 14.5 Å². The maximum Gasteiger partial charge on any atom is 0.330 e. The van der Waals surface area contributed by atoms with Crippen LogP contribution in [0, 0.1) is 6.92 Å². The van der Waals surface area contributed by atoms with Crippen LogP contribution in [0.4, 0.5) is 0 Å². The highest BCUT2D eigenvalue weighted by molar-refractivity contribution is 6.77. The summed E-state index contributed by atoms with van der Waals surface area (Å²) in [7, 11) is 0.847. The topological polar surface area (TPSA) is 104 Å². The molecule has 0 bridgehead atoms. The molecule has 10 nitrogen and oxygen atoms in total. The first kappa shape index (κ1) is 43.8. The first-order valence-corrected chi connectivity index (χ1v) is 22.8. The fraction of sp³-hybridized carbons (Fsp3) is 0.417. The van der Waals surface area contributed by atoms with Gasteiger partial charge in [0.1, 0.15) is 22.7 Å². The van der Waals surface area contributed by atoms with E-state index in [0.717, 1.165) is 33.8 Å². The van der Waals surface area contributed by atoms with Crippen LogP contribution < -0.4 is 20.7 Å². The molecule has 1 aliphatic heterocycles. The van der Waals surface area contributed by atoms with Gasteiger partial charge in [0.05, 0.1) is 27.4 Å². The van der Waals surface area contributed by atoms with E-state index < -0.39 is 37.0 Å². The van der Waals surface area contributed by atoms with Crippen LogP contribution in [-0.4, -0.2) is 68.9 Å². The standard InChI is InChI=1S/C48H61N3O7Si/c1-34(2)59(35(3)4,36(5)6)57-33-47(31-50(29-38-16-12-10-13-17-38)30-44(58-47)51-28-37(7)45(52)49-46(51)53)32-56-48(39-18-14-11-15-19-39,40-20-24-42(54-8)25-21-40)41-22-26-43(55-9)27-23-41/h10-28,34-36,44H,29-33H2,1-9H3,(H,49,52,53)/t44-,47+/m1/s1. The maximum atomic E-state index is 13.7. The van der Waals surface area contributed by atoms with Crippen molar-refractivity contribution in [1.29, 1.82) is 0 Å². The van der Waals surface area contributed by atoms with Crippen LogP contribution in [0.15, 0.2) is 125 Å². The molecule has 2 atom stereocenters. The lowest BCUT2D eigenvalue weighted by atomic mass is 9.79. The first-order valence-electron chi connectivity index (χ1n) is 20.7. The molecule has 1 fully saturated rings. The molecule has 0 spiro atoms. The van der Waals surface area contributed by atoms with Crippen molar-refractivity contribution in [3.63, 3.8) is 0 Å². The highest BCUT2D eigenvalue weighted by Gasteiger charge is 2.51. The molecule has 1 N–H and O–H groups in total. The molecule has 5 aromatic rings. The zero-order valence-corrected chi connectivity index (χ0v) is 37.1. The highest BCUT2D eigenvalue weighted by atomic mass is 28.4. The van der Waals surface area contributed by atoms with E-state index in [1.165, 1.54) is 4.57 Å². The summed E-state index contributed by atoms with van der Waals surface area (Å²) < 4.78 is 35.2. The van der Waals surface area contributed by atoms with Crippen LogP contribution in [0.3, 0.4) is 0 Å². The van der Waals surface area contributed by atoms with Crippen LogP contribution in [0.25, 0.3) is 0 Å². The third-order valence-electron chi connectivity index (χ3n) is 12.0. The number of H-pyrrole nitrogens is 1. The summed E-state index contributed by atoms with van der Waals surface area (Å²) in [5.74, 6) is 1.45. The fourth-order valence-corrected chi connectivity index (χ4v) is 14.7. The van der Waals surface area contributed by atoms with Crippen LogP contribution in [-0.2, 0) is 26.0 Å². The normalized spacial score (nSPS) is 17.8. The zero-order valence-electron chi connectivity index (χ0n) is 36.1. The SMILES string of the molecule is COc1ccc(C(OC[C@]2(CO[Si](C(C)C)(C(C)C)C(C)C)CN(Cc3ccccc3)C[C@H](n3cc(C)c(=O)[nH]c3=O)O2)(c2ccccc2)c2ccc(OC)cc2)cc1. The Kier molecular flexibility index (Phi) is 13.8. The van der Waals surface area contributed by atoms with Gasteiger partial charge >= 0.3 is 5.69 Å². The highest BCUT2D eigenvalue weighted by Crippen LogP contribution is 2.46. The summed E-state index contributed by atoms with van der Waals surface area (Å²) in [6.07, 6.45) is 0.826. The van der Waals surface area contributed by atoms with Gasteiger partial charge in [-0.25, -0.2) is 4.79 Å². The molecule has 0 amide bonds. The van der Waals surface area contributed by atoms with Gasteiger partial charge in [-0.2, -0.15) is 0 Å². The van der Waals surface area contributed by atoms with E-state index in [0.29, 0.717) is 41.8 Å².